The first kappa shape index (κ1) is 20.9. The number of aromatic nitrogens is 1. The highest BCUT2D eigenvalue weighted by molar-refractivity contribution is 5.92. The third-order valence-corrected chi connectivity index (χ3v) is 4.69. The largest absolute Gasteiger partial charge is 0.497 e. The van der Waals surface area contributed by atoms with E-state index in [0.29, 0.717) is 29.4 Å². The van der Waals surface area contributed by atoms with Crippen LogP contribution in [0.3, 0.4) is 0 Å². The first-order valence-electron chi connectivity index (χ1n) is 9.08. The third kappa shape index (κ3) is 5.60. The lowest BCUT2D eigenvalue weighted by molar-refractivity contribution is -0.144. The number of rotatable bonds is 6. The number of nitrogens with one attached hydrogen (secondary N) is 1. The number of amides is 1. The molecule has 0 spiro atoms. The maximum atomic E-state index is 12.5. The number of ether oxygens (including phenoxy) is 2. The average molecular weight is 409 g/mol. The monoisotopic (exact) mass is 409 g/mol. The van der Waals surface area contributed by atoms with Gasteiger partial charge >= 0.3 is 6.18 Å². The number of alkyl halides is 3. The van der Waals surface area contributed by atoms with E-state index in [0.717, 1.165) is 5.56 Å². The van der Waals surface area contributed by atoms with Gasteiger partial charge in [-0.1, -0.05) is 6.07 Å². The Kier molecular flexibility index (Phi) is 6.26. The Bertz CT molecular complexity index is 851. The van der Waals surface area contributed by atoms with Crippen molar-refractivity contribution in [3.05, 3.63) is 36.4 Å². The van der Waals surface area contributed by atoms with Crippen LogP contribution >= 0.6 is 0 Å². The normalized spacial score (nSPS) is 17.2. The second kappa shape index (κ2) is 8.69. The molecule has 0 aliphatic carbocycles. The van der Waals surface area contributed by atoms with Crippen molar-refractivity contribution in [1.29, 1.82) is 0 Å². The molecule has 1 amide bonds. The fraction of sp³-hybridized carbons (Fsp3) is 0.400. The molecule has 1 saturated heterocycles. The number of carbonyl (C=O) groups excluding carboxylic acids is 1. The molecule has 1 unspecified atom stereocenters. The first-order chi connectivity index (χ1) is 13.8. The maximum Gasteiger partial charge on any atom is 0.401 e. The van der Waals surface area contributed by atoms with Crippen molar-refractivity contribution in [3.63, 3.8) is 0 Å². The number of nitrogens with zero attached hydrogens (tertiary/aromatic N) is 2. The SMILES string of the molecule is COc1cc(OC)cc(-c2cccc(NC(=O)C3CCN(CC(F)(F)F)C3)n2)c1. The van der Waals surface area contributed by atoms with E-state index in [1.165, 1.54) is 4.90 Å². The van der Waals surface area contributed by atoms with E-state index >= 15 is 0 Å². The minimum Gasteiger partial charge on any atom is -0.497 e. The topological polar surface area (TPSA) is 63.7 Å². The number of hydrogen-bond acceptors (Lipinski definition) is 5. The molecule has 1 N–H and O–H groups in total. The Morgan fingerprint density at radius 1 is 1.21 bits per heavy atom. The molecule has 1 aliphatic rings. The summed E-state index contributed by atoms with van der Waals surface area (Å²) in [5.41, 5.74) is 1.35. The molecule has 2 aromatic rings. The lowest BCUT2D eigenvalue weighted by atomic mass is 10.1. The van der Waals surface area contributed by atoms with Crippen LogP contribution in [0.5, 0.6) is 11.5 Å². The minimum absolute atomic E-state index is 0.0815. The lowest BCUT2D eigenvalue weighted by Gasteiger charge is -2.17. The van der Waals surface area contributed by atoms with Crippen molar-refractivity contribution in [3.8, 4) is 22.8 Å². The summed E-state index contributed by atoms with van der Waals surface area (Å²) in [5.74, 6) is 0.712. The zero-order valence-electron chi connectivity index (χ0n) is 16.1. The van der Waals surface area contributed by atoms with Gasteiger partial charge in [0.1, 0.15) is 17.3 Å². The van der Waals surface area contributed by atoms with Crippen LogP contribution in [0.15, 0.2) is 36.4 Å². The van der Waals surface area contributed by atoms with Gasteiger partial charge in [0.25, 0.3) is 0 Å². The van der Waals surface area contributed by atoms with Gasteiger partial charge in [0.15, 0.2) is 0 Å². The minimum atomic E-state index is -4.26. The van der Waals surface area contributed by atoms with E-state index in [4.69, 9.17) is 9.47 Å². The molecule has 1 aromatic carbocycles. The predicted molar refractivity (Wildman–Crippen MR) is 102 cm³/mol. The van der Waals surface area contributed by atoms with Gasteiger partial charge in [-0.05, 0) is 37.2 Å². The Morgan fingerprint density at radius 2 is 1.90 bits per heavy atom. The molecule has 1 atom stereocenters. The smallest absolute Gasteiger partial charge is 0.401 e. The quantitative estimate of drug-likeness (QED) is 0.790. The highest BCUT2D eigenvalue weighted by atomic mass is 19.4. The Balaban J connectivity index is 1.70. The second-order valence-corrected chi connectivity index (χ2v) is 6.83. The number of methoxy groups -OCH3 is 2. The van der Waals surface area contributed by atoms with Crippen LogP contribution in [-0.2, 0) is 4.79 Å². The highest BCUT2D eigenvalue weighted by Crippen LogP contribution is 2.29. The van der Waals surface area contributed by atoms with Gasteiger partial charge in [0.05, 0.1) is 32.4 Å². The molecule has 0 saturated carbocycles. The number of carbonyl (C=O) groups is 1. The molecule has 1 fully saturated rings. The number of likely N-dealkylation sites (tertiary alicyclic amines) is 1. The molecular formula is C20H22F3N3O3. The summed E-state index contributed by atoms with van der Waals surface area (Å²) in [6, 6.07) is 10.5. The highest BCUT2D eigenvalue weighted by Gasteiger charge is 2.36. The first-order valence-corrected chi connectivity index (χ1v) is 9.08. The molecule has 1 aromatic heterocycles. The van der Waals surface area contributed by atoms with Crippen LogP contribution in [0.4, 0.5) is 19.0 Å². The van der Waals surface area contributed by atoms with Crippen molar-refractivity contribution in [2.45, 2.75) is 12.6 Å². The summed E-state index contributed by atoms with van der Waals surface area (Å²) in [7, 11) is 3.10. The van der Waals surface area contributed by atoms with E-state index in [-0.39, 0.29) is 19.0 Å². The Morgan fingerprint density at radius 3 is 2.52 bits per heavy atom. The van der Waals surface area contributed by atoms with E-state index in [9.17, 15) is 18.0 Å². The van der Waals surface area contributed by atoms with Gasteiger partial charge in [0.2, 0.25) is 5.91 Å². The van der Waals surface area contributed by atoms with Gasteiger partial charge in [-0.2, -0.15) is 13.2 Å². The summed E-state index contributed by atoms with van der Waals surface area (Å²) in [4.78, 5) is 18.2. The van der Waals surface area contributed by atoms with Crippen LogP contribution in [0.25, 0.3) is 11.3 Å². The number of hydrogen-bond donors (Lipinski definition) is 1. The van der Waals surface area contributed by atoms with Crippen molar-refractivity contribution in [2.24, 2.45) is 5.92 Å². The van der Waals surface area contributed by atoms with Gasteiger partial charge < -0.3 is 14.8 Å². The van der Waals surface area contributed by atoms with Crippen molar-refractivity contribution in [2.75, 3.05) is 39.2 Å². The standard InChI is InChI=1S/C20H22F3N3O3/c1-28-15-8-14(9-16(10-15)29-2)17-4-3-5-18(24-17)25-19(27)13-6-7-26(11-13)12-20(21,22)23/h3-5,8-10,13H,6-7,11-12H2,1-2H3,(H,24,25,27). The fourth-order valence-electron chi connectivity index (χ4n) is 3.29. The summed E-state index contributed by atoms with van der Waals surface area (Å²) < 4.78 is 48.1. The van der Waals surface area contributed by atoms with Crippen molar-refractivity contribution in [1.82, 2.24) is 9.88 Å². The van der Waals surface area contributed by atoms with Crippen molar-refractivity contribution >= 4 is 11.7 Å². The van der Waals surface area contributed by atoms with E-state index in [1.54, 1.807) is 50.6 Å². The molecule has 6 nitrogen and oxygen atoms in total. The van der Waals surface area contributed by atoms with Gasteiger partial charge in [-0.25, -0.2) is 4.98 Å². The molecule has 9 heteroatoms. The number of benzene rings is 1. The molecule has 156 valence electrons. The van der Waals surface area contributed by atoms with Crippen LogP contribution in [0.1, 0.15) is 6.42 Å². The molecule has 0 radical (unpaired) electrons. The Labute approximate surface area is 166 Å². The van der Waals surface area contributed by atoms with Crippen LogP contribution in [-0.4, -0.2) is 55.8 Å². The summed E-state index contributed by atoms with van der Waals surface area (Å²) in [6.45, 7) is -0.672. The zero-order valence-corrected chi connectivity index (χ0v) is 16.1. The van der Waals surface area contributed by atoms with Gasteiger partial charge in [-0.15, -0.1) is 0 Å². The van der Waals surface area contributed by atoms with Gasteiger partial charge in [0, 0.05) is 18.2 Å². The van der Waals surface area contributed by atoms with E-state index < -0.39 is 18.6 Å². The zero-order chi connectivity index (χ0) is 21.0. The Hall–Kier alpha value is -2.81. The summed E-state index contributed by atoms with van der Waals surface area (Å²) in [5, 5.41) is 2.71. The van der Waals surface area contributed by atoms with Crippen LogP contribution < -0.4 is 14.8 Å². The third-order valence-electron chi connectivity index (χ3n) is 4.69. The van der Waals surface area contributed by atoms with Crippen molar-refractivity contribution < 1.29 is 27.4 Å². The predicted octanol–water partition coefficient (Wildman–Crippen LogP) is 3.59. The number of halogens is 3. The maximum absolute atomic E-state index is 12.5. The number of pyridine rings is 1. The van der Waals surface area contributed by atoms with Gasteiger partial charge in [-0.3, -0.25) is 9.69 Å². The van der Waals surface area contributed by atoms with Crippen LogP contribution in [0, 0.1) is 5.92 Å². The molecule has 29 heavy (non-hydrogen) atoms. The van der Waals surface area contributed by atoms with E-state index in [2.05, 4.69) is 10.3 Å². The molecule has 1 aliphatic heterocycles. The molecule has 0 bridgehead atoms. The second-order valence-electron chi connectivity index (χ2n) is 6.83. The lowest BCUT2D eigenvalue weighted by Crippen LogP contribution is -2.34. The average Bonchev–Trinajstić information content (AvgIpc) is 3.14. The summed E-state index contributed by atoms with van der Waals surface area (Å²) >= 11 is 0. The molecule has 2 heterocycles. The molecule has 3 rings (SSSR count). The van der Waals surface area contributed by atoms with E-state index in [1.807, 2.05) is 0 Å². The number of anilines is 1. The van der Waals surface area contributed by atoms with Crippen LogP contribution in [0.2, 0.25) is 0 Å². The summed E-state index contributed by atoms with van der Waals surface area (Å²) in [6.07, 6.45) is -3.88. The fourth-order valence-corrected chi connectivity index (χ4v) is 3.29. The molecular weight excluding hydrogens is 387 g/mol.